The first-order valence-corrected chi connectivity index (χ1v) is 20.8. The van der Waals surface area contributed by atoms with E-state index in [9.17, 15) is 14.7 Å². The van der Waals surface area contributed by atoms with Crippen LogP contribution in [0.2, 0.25) is 10.0 Å². The molecule has 0 fully saturated rings. The summed E-state index contributed by atoms with van der Waals surface area (Å²) >= 11 is 12.2. The van der Waals surface area contributed by atoms with Gasteiger partial charge in [-0.25, -0.2) is 4.79 Å². The summed E-state index contributed by atoms with van der Waals surface area (Å²) in [6, 6.07) is 37.2. The number of carboxylic acid groups (broad SMARTS) is 1. The molecule has 2 aliphatic heterocycles. The van der Waals surface area contributed by atoms with Crippen LogP contribution in [0.4, 0.5) is 0 Å². The zero-order valence-corrected chi connectivity index (χ0v) is 34.8. The lowest BCUT2D eigenvalue weighted by Crippen LogP contribution is -2.55. The zero-order chi connectivity index (χ0) is 41.8. The van der Waals surface area contributed by atoms with E-state index in [0.717, 1.165) is 56.6 Å². The Balaban J connectivity index is 0.991. The zero-order valence-electron chi connectivity index (χ0n) is 33.3. The number of hydrogen-bond donors (Lipinski definition) is 2. The van der Waals surface area contributed by atoms with Crippen molar-refractivity contribution in [2.24, 2.45) is 0 Å². The number of aryl methyl sites for hydroxylation is 1. The van der Waals surface area contributed by atoms with E-state index in [-0.39, 0.29) is 24.5 Å². The molecule has 2 N–H and O–H groups in total. The van der Waals surface area contributed by atoms with Crippen molar-refractivity contribution >= 4 is 35.1 Å². The fourth-order valence-corrected chi connectivity index (χ4v) is 8.40. The minimum Gasteiger partial charge on any atom is -0.489 e. The predicted octanol–water partition coefficient (Wildman–Crippen LogP) is 10.1. The summed E-state index contributed by atoms with van der Waals surface area (Å²) in [6.07, 6.45) is 2.70. The second kappa shape index (κ2) is 18.2. The van der Waals surface area contributed by atoms with Crippen molar-refractivity contribution in [3.05, 3.63) is 177 Å². The number of rotatable bonds is 13. The lowest BCUT2D eigenvalue weighted by molar-refractivity contribution is -0.143. The Morgan fingerprint density at radius 2 is 1.62 bits per heavy atom. The molecule has 306 valence electrons. The summed E-state index contributed by atoms with van der Waals surface area (Å²) in [7, 11) is 0. The van der Waals surface area contributed by atoms with Gasteiger partial charge in [-0.1, -0.05) is 103 Å². The van der Waals surface area contributed by atoms with Gasteiger partial charge in [0.25, 0.3) is 0 Å². The molecule has 60 heavy (non-hydrogen) atoms. The van der Waals surface area contributed by atoms with E-state index < -0.39 is 18.1 Å². The van der Waals surface area contributed by atoms with Gasteiger partial charge in [0, 0.05) is 30.9 Å². The number of amides is 1. The molecule has 0 saturated heterocycles. The van der Waals surface area contributed by atoms with E-state index >= 15 is 0 Å². The molecule has 0 saturated carbocycles. The number of halogens is 2. The van der Waals surface area contributed by atoms with Crippen LogP contribution in [0.3, 0.4) is 0 Å². The summed E-state index contributed by atoms with van der Waals surface area (Å²) < 4.78 is 18.9. The standard InChI is InChI=1S/C49H45Cl2N3O6/c1-3-43(34-7-5-4-6-8-34)54-27-38-26-46-45(59-29-47(60-46)35-14-16-39(17-15-35)58-28-32-11-18-40(50)41(51)22-32)25-37(38)24-44(54)48(55)53-42(49(56)57)23-31-9-12-33(13-10-31)36-19-20-52-30(2)21-36/h4-22,25-26,42-44,47H,3,23-24,27-29H2,1-2H3,(H,53,55)(H,56,57)/t42?,43-,44-,47+/m0/s1. The van der Waals surface area contributed by atoms with Crippen molar-refractivity contribution in [2.75, 3.05) is 6.61 Å². The van der Waals surface area contributed by atoms with Gasteiger partial charge in [-0.05, 0) is 113 Å². The summed E-state index contributed by atoms with van der Waals surface area (Å²) in [4.78, 5) is 33.5. The maximum atomic E-state index is 14.4. The lowest BCUT2D eigenvalue weighted by atomic mass is 9.89. The molecule has 1 aromatic heterocycles. The van der Waals surface area contributed by atoms with Crippen molar-refractivity contribution in [3.8, 4) is 28.4 Å². The monoisotopic (exact) mass is 841 g/mol. The quantitative estimate of drug-likeness (QED) is 0.118. The number of hydrogen-bond acceptors (Lipinski definition) is 7. The molecule has 4 atom stereocenters. The number of benzene rings is 5. The van der Waals surface area contributed by atoms with Crippen molar-refractivity contribution in [3.63, 3.8) is 0 Å². The van der Waals surface area contributed by atoms with E-state index in [1.807, 2.05) is 104 Å². The van der Waals surface area contributed by atoms with Gasteiger partial charge in [0.2, 0.25) is 5.91 Å². The largest absolute Gasteiger partial charge is 0.489 e. The van der Waals surface area contributed by atoms with Gasteiger partial charge < -0.3 is 24.6 Å². The fraction of sp³-hybridized carbons (Fsp3) is 0.245. The average molecular weight is 843 g/mol. The van der Waals surface area contributed by atoms with E-state index in [1.165, 1.54) is 0 Å². The summed E-state index contributed by atoms with van der Waals surface area (Å²) in [5.74, 6) is 0.541. The highest BCUT2D eigenvalue weighted by atomic mass is 35.5. The molecular weight excluding hydrogens is 797 g/mol. The molecule has 2 aliphatic rings. The minimum atomic E-state index is -1.12. The molecule has 8 rings (SSSR count). The molecule has 3 heterocycles. The van der Waals surface area contributed by atoms with Crippen LogP contribution >= 0.6 is 23.2 Å². The van der Waals surface area contributed by atoms with Gasteiger partial charge >= 0.3 is 5.97 Å². The molecule has 0 radical (unpaired) electrons. The van der Waals surface area contributed by atoms with E-state index in [2.05, 4.69) is 34.3 Å². The molecule has 0 aliphatic carbocycles. The number of carbonyl (C=O) groups excluding carboxylic acids is 1. The van der Waals surface area contributed by atoms with E-state index in [4.69, 9.17) is 37.4 Å². The predicted molar refractivity (Wildman–Crippen MR) is 233 cm³/mol. The molecule has 11 heteroatoms. The van der Waals surface area contributed by atoms with Crippen LogP contribution in [0.25, 0.3) is 11.1 Å². The van der Waals surface area contributed by atoms with Crippen LogP contribution in [0.1, 0.15) is 64.6 Å². The molecule has 6 aromatic rings. The molecule has 9 nitrogen and oxygen atoms in total. The van der Waals surface area contributed by atoms with Crippen LogP contribution in [-0.4, -0.2) is 45.6 Å². The van der Waals surface area contributed by atoms with Crippen molar-refractivity contribution in [2.45, 2.75) is 70.5 Å². The average Bonchev–Trinajstić information content (AvgIpc) is 3.26. The first-order chi connectivity index (χ1) is 29.1. The smallest absolute Gasteiger partial charge is 0.326 e. The topological polar surface area (TPSA) is 110 Å². The van der Waals surface area contributed by atoms with Gasteiger partial charge in [-0.2, -0.15) is 0 Å². The Bertz CT molecular complexity index is 2480. The fourth-order valence-electron chi connectivity index (χ4n) is 8.08. The van der Waals surface area contributed by atoms with Crippen LogP contribution in [0.15, 0.2) is 128 Å². The second-order valence-corrected chi connectivity index (χ2v) is 16.1. The highest BCUT2D eigenvalue weighted by molar-refractivity contribution is 6.42. The first-order valence-electron chi connectivity index (χ1n) is 20.1. The molecule has 1 unspecified atom stereocenters. The number of aliphatic carboxylic acids is 1. The van der Waals surface area contributed by atoms with Gasteiger partial charge in [-0.3, -0.25) is 14.7 Å². The van der Waals surface area contributed by atoms with Gasteiger partial charge in [0.15, 0.2) is 17.6 Å². The lowest BCUT2D eigenvalue weighted by Gasteiger charge is -2.42. The normalized spacial score (nSPS) is 16.9. The number of carbonyl (C=O) groups is 2. The summed E-state index contributed by atoms with van der Waals surface area (Å²) in [6.45, 7) is 5.17. The Morgan fingerprint density at radius 3 is 2.33 bits per heavy atom. The Hall–Kier alpha value is -5.87. The van der Waals surface area contributed by atoms with Crippen LogP contribution in [0, 0.1) is 6.92 Å². The SMILES string of the molecule is CC[C@@H](c1ccccc1)N1Cc2cc3c(cc2C[C@H]1C(=O)NC(Cc1ccc(-c2ccnc(C)c2)cc1)C(=O)O)OC[C@H](c1ccc(OCc2ccc(Cl)c(Cl)c2)cc1)O3. The van der Waals surface area contributed by atoms with Crippen molar-refractivity contribution in [1.29, 1.82) is 0 Å². The molecule has 1 amide bonds. The molecular formula is C49H45Cl2N3O6. The number of aromatic nitrogens is 1. The van der Waals surface area contributed by atoms with Crippen molar-refractivity contribution in [1.82, 2.24) is 15.2 Å². The van der Waals surface area contributed by atoms with Crippen molar-refractivity contribution < 1.29 is 28.9 Å². The maximum Gasteiger partial charge on any atom is 0.326 e. The highest BCUT2D eigenvalue weighted by Crippen LogP contribution is 2.42. The molecule has 0 bridgehead atoms. The second-order valence-electron chi connectivity index (χ2n) is 15.3. The number of carboxylic acids is 1. The Labute approximate surface area is 359 Å². The number of nitrogens with one attached hydrogen (secondary N) is 1. The van der Waals surface area contributed by atoms with Crippen LogP contribution < -0.4 is 19.5 Å². The summed E-state index contributed by atoms with van der Waals surface area (Å²) in [5.41, 5.74) is 8.71. The summed E-state index contributed by atoms with van der Waals surface area (Å²) in [5, 5.41) is 14.3. The first kappa shape index (κ1) is 40.9. The highest BCUT2D eigenvalue weighted by Gasteiger charge is 2.38. The number of nitrogens with zero attached hydrogens (tertiary/aromatic N) is 2. The number of fused-ring (bicyclic) bond motifs is 2. The number of pyridine rings is 1. The van der Waals surface area contributed by atoms with Gasteiger partial charge in [0.05, 0.1) is 16.1 Å². The third kappa shape index (κ3) is 9.29. The third-order valence-electron chi connectivity index (χ3n) is 11.2. The van der Waals surface area contributed by atoms with Crippen LogP contribution in [0.5, 0.6) is 17.2 Å². The maximum absolute atomic E-state index is 14.4. The number of ether oxygens (including phenoxy) is 3. The van der Waals surface area contributed by atoms with E-state index in [1.54, 1.807) is 18.3 Å². The van der Waals surface area contributed by atoms with E-state index in [0.29, 0.717) is 53.5 Å². The van der Waals surface area contributed by atoms with Gasteiger partial charge in [-0.15, -0.1) is 0 Å². The van der Waals surface area contributed by atoms with Crippen LogP contribution in [-0.2, 0) is 35.6 Å². The Morgan fingerprint density at radius 1 is 0.867 bits per heavy atom. The molecule has 0 spiro atoms. The third-order valence-corrected chi connectivity index (χ3v) is 12.0. The Kier molecular flexibility index (Phi) is 12.4. The molecule has 5 aromatic carbocycles. The van der Waals surface area contributed by atoms with Gasteiger partial charge in [0.1, 0.15) is 25.0 Å². The minimum absolute atomic E-state index is 0.0962.